The molecule has 2 N–H and O–H groups in total. The Morgan fingerprint density at radius 1 is 1.27 bits per heavy atom. The van der Waals surface area contributed by atoms with Gasteiger partial charge in [0.2, 0.25) is 0 Å². The van der Waals surface area contributed by atoms with E-state index in [0.29, 0.717) is 13.2 Å². The second-order valence-corrected chi connectivity index (χ2v) is 3.11. The highest BCUT2D eigenvalue weighted by atomic mass is 16.5. The van der Waals surface area contributed by atoms with E-state index in [1.54, 1.807) is 12.4 Å². The van der Waals surface area contributed by atoms with Crippen molar-refractivity contribution in [3.05, 3.63) is 24.3 Å². The van der Waals surface area contributed by atoms with Gasteiger partial charge < -0.3 is 15.2 Å². The van der Waals surface area contributed by atoms with Crippen LogP contribution in [0.1, 0.15) is 12.0 Å². The normalized spacial score (nSPS) is 10.5. The van der Waals surface area contributed by atoms with Crippen LogP contribution in [0.2, 0.25) is 0 Å². The van der Waals surface area contributed by atoms with Crippen molar-refractivity contribution in [3.63, 3.8) is 0 Å². The van der Waals surface area contributed by atoms with Crippen LogP contribution in [-0.2, 0) is 11.3 Å². The molecule has 15 heavy (non-hydrogen) atoms. The average molecular weight is 211 g/mol. The largest absolute Gasteiger partial charge is 0.394 e. The zero-order chi connectivity index (χ0) is 10.8. The van der Waals surface area contributed by atoms with Gasteiger partial charge in [0, 0.05) is 31.1 Å². The molecule has 0 aliphatic carbocycles. The first-order valence-electron chi connectivity index (χ1n) is 5.06. The molecular weight excluding hydrogens is 194 g/mol. The maximum atomic E-state index is 8.46. The third-order valence-corrected chi connectivity index (χ3v) is 1.82. The molecule has 0 aromatic carbocycles. The fourth-order valence-corrected chi connectivity index (χ4v) is 1.12. The van der Waals surface area contributed by atoms with Gasteiger partial charge in [0.1, 0.15) is 6.33 Å². The Bertz CT molecular complexity index is 244. The number of ether oxygens (including phenoxy) is 1. The summed E-state index contributed by atoms with van der Waals surface area (Å²) in [4.78, 5) is 7.84. The standard InChI is InChI=1S/C10H17N3O2/c14-3-5-15-4-1-2-11-6-10-7-12-9-13-8-10/h7-9,11,14H,1-6H2. The van der Waals surface area contributed by atoms with Crippen molar-refractivity contribution in [1.82, 2.24) is 15.3 Å². The summed E-state index contributed by atoms with van der Waals surface area (Å²) < 4.78 is 5.12. The molecule has 0 saturated heterocycles. The Morgan fingerprint density at radius 3 is 2.80 bits per heavy atom. The minimum atomic E-state index is 0.0920. The number of aliphatic hydroxyl groups is 1. The van der Waals surface area contributed by atoms with E-state index in [-0.39, 0.29) is 6.61 Å². The van der Waals surface area contributed by atoms with E-state index in [4.69, 9.17) is 9.84 Å². The average Bonchev–Trinajstić information content (AvgIpc) is 2.29. The molecule has 1 rings (SSSR count). The van der Waals surface area contributed by atoms with E-state index in [0.717, 1.165) is 25.1 Å². The van der Waals surface area contributed by atoms with Crippen LogP contribution in [0.15, 0.2) is 18.7 Å². The smallest absolute Gasteiger partial charge is 0.115 e. The van der Waals surface area contributed by atoms with Gasteiger partial charge in [-0.05, 0) is 13.0 Å². The van der Waals surface area contributed by atoms with Gasteiger partial charge in [0.05, 0.1) is 13.2 Å². The summed E-state index contributed by atoms with van der Waals surface area (Å²) >= 11 is 0. The molecular formula is C10H17N3O2. The van der Waals surface area contributed by atoms with Crippen molar-refractivity contribution in [2.24, 2.45) is 0 Å². The van der Waals surface area contributed by atoms with Gasteiger partial charge in [-0.15, -0.1) is 0 Å². The van der Waals surface area contributed by atoms with Crippen LogP contribution < -0.4 is 5.32 Å². The van der Waals surface area contributed by atoms with Gasteiger partial charge in [0.25, 0.3) is 0 Å². The number of hydrogen-bond acceptors (Lipinski definition) is 5. The van der Waals surface area contributed by atoms with Crippen molar-refractivity contribution in [1.29, 1.82) is 0 Å². The molecule has 0 aliphatic rings. The number of rotatable bonds is 8. The van der Waals surface area contributed by atoms with Gasteiger partial charge in [-0.3, -0.25) is 0 Å². The van der Waals surface area contributed by atoms with Crippen molar-refractivity contribution >= 4 is 0 Å². The van der Waals surface area contributed by atoms with Crippen LogP contribution in [0, 0.1) is 0 Å². The first-order valence-corrected chi connectivity index (χ1v) is 5.06. The number of aromatic nitrogens is 2. The van der Waals surface area contributed by atoms with Crippen LogP contribution in [-0.4, -0.2) is 41.4 Å². The van der Waals surface area contributed by atoms with Gasteiger partial charge in [0.15, 0.2) is 0 Å². The SMILES string of the molecule is OCCOCCCNCc1cncnc1. The second-order valence-electron chi connectivity index (χ2n) is 3.11. The Balaban J connectivity index is 1.93. The summed E-state index contributed by atoms with van der Waals surface area (Å²) in [6.07, 6.45) is 6.05. The molecule has 1 aromatic heterocycles. The summed E-state index contributed by atoms with van der Waals surface area (Å²) in [5.41, 5.74) is 1.08. The van der Waals surface area contributed by atoms with Crippen molar-refractivity contribution in [2.45, 2.75) is 13.0 Å². The zero-order valence-corrected chi connectivity index (χ0v) is 8.72. The number of aliphatic hydroxyl groups excluding tert-OH is 1. The molecule has 0 unspecified atom stereocenters. The Morgan fingerprint density at radius 2 is 2.07 bits per heavy atom. The minimum Gasteiger partial charge on any atom is -0.394 e. The highest BCUT2D eigenvalue weighted by Gasteiger charge is 1.92. The lowest BCUT2D eigenvalue weighted by molar-refractivity contribution is 0.0907. The van der Waals surface area contributed by atoms with E-state index in [1.807, 2.05) is 0 Å². The predicted molar refractivity (Wildman–Crippen MR) is 56.3 cm³/mol. The maximum absolute atomic E-state index is 8.46. The summed E-state index contributed by atoms with van der Waals surface area (Å²) in [6, 6.07) is 0. The lowest BCUT2D eigenvalue weighted by Gasteiger charge is -2.04. The molecule has 1 aromatic rings. The third kappa shape index (κ3) is 6.11. The highest BCUT2D eigenvalue weighted by molar-refractivity contribution is 5.01. The van der Waals surface area contributed by atoms with Crippen LogP contribution >= 0.6 is 0 Å². The van der Waals surface area contributed by atoms with E-state index in [2.05, 4.69) is 15.3 Å². The Labute approximate surface area is 89.5 Å². The van der Waals surface area contributed by atoms with Gasteiger partial charge in [-0.1, -0.05) is 0 Å². The van der Waals surface area contributed by atoms with E-state index in [9.17, 15) is 0 Å². The fraction of sp³-hybridized carbons (Fsp3) is 0.600. The van der Waals surface area contributed by atoms with Crippen LogP contribution in [0.3, 0.4) is 0 Å². The maximum Gasteiger partial charge on any atom is 0.115 e. The van der Waals surface area contributed by atoms with E-state index >= 15 is 0 Å². The van der Waals surface area contributed by atoms with Gasteiger partial charge in [-0.2, -0.15) is 0 Å². The Kier molecular flexibility index (Phi) is 6.64. The molecule has 5 nitrogen and oxygen atoms in total. The monoisotopic (exact) mass is 211 g/mol. The molecule has 1 heterocycles. The van der Waals surface area contributed by atoms with Gasteiger partial charge in [-0.25, -0.2) is 9.97 Å². The van der Waals surface area contributed by atoms with Crippen molar-refractivity contribution < 1.29 is 9.84 Å². The lowest BCUT2D eigenvalue weighted by Crippen LogP contribution is -2.17. The summed E-state index contributed by atoms with van der Waals surface area (Å²) in [6.45, 7) is 2.86. The number of hydrogen-bond donors (Lipinski definition) is 2. The fourth-order valence-electron chi connectivity index (χ4n) is 1.12. The van der Waals surface area contributed by atoms with Crippen molar-refractivity contribution in [2.75, 3.05) is 26.4 Å². The first kappa shape index (κ1) is 12.0. The third-order valence-electron chi connectivity index (χ3n) is 1.82. The molecule has 0 aliphatic heterocycles. The summed E-state index contributed by atoms with van der Waals surface area (Å²) in [5, 5.41) is 11.7. The van der Waals surface area contributed by atoms with Crippen LogP contribution in [0.5, 0.6) is 0 Å². The summed E-state index contributed by atoms with van der Waals surface area (Å²) in [5.74, 6) is 0. The topological polar surface area (TPSA) is 67.3 Å². The molecule has 84 valence electrons. The van der Waals surface area contributed by atoms with Crippen LogP contribution in [0.25, 0.3) is 0 Å². The molecule has 0 bridgehead atoms. The highest BCUT2D eigenvalue weighted by Crippen LogP contribution is 1.91. The molecule has 5 heteroatoms. The van der Waals surface area contributed by atoms with Crippen molar-refractivity contribution in [3.8, 4) is 0 Å². The quantitative estimate of drug-likeness (QED) is 0.591. The van der Waals surface area contributed by atoms with Gasteiger partial charge >= 0.3 is 0 Å². The Hall–Kier alpha value is -1.04. The molecule has 0 radical (unpaired) electrons. The molecule has 0 amide bonds. The number of nitrogens with zero attached hydrogens (tertiary/aromatic N) is 2. The van der Waals surface area contributed by atoms with E-state index in [1.165, 1.54) is 6.33 Å². The minimum absolute atomic E-state index is 0.0920. The molecule has 0 fully saturated rings. The van der Waals surface area contributed by atoms with E-state index < -0.39 is 0 Å². The first-order chi connectivity index (χ1) is 7.43. The lowest BCUT2D eigenvalue weighted by atomic mass is 10.3. The number of nitrogens with one attached hydrogen (secondary N) is 1. The zero-order valence-electron chi connectivity index (χ0n) is 8.72. The molecule has 0 atom stereocenters. The molecule has 0 spiro atoms. The predicted octanol–water partition coefficient (Wildman–Crippen LogP) is -0.0348. The summed E-state index contributed by atoms with van der Waals surface area (Å²) in [7, 11) is 0. The molecule has 0 saturated carbocycles. The second kappa shape index (κ2) is 8.28. The van der Waals surface area contributed by atoms with Crippen LogP contribution in [0.4, 0.5) is 0 Å².